The summed E-state index contributed by atoms with van der Waals surface area (Å²) in [5, 5.41) is 0.595. The number of thioether (sulfide) groups is 1. The smallest absolute Gasteiger partial charge is 0.263 e. The summed E-state index contributed by atoms with van der Waals surface area (Å²) < 4.78 is 15.1. The van der Waals surface area contributed by atoms with Crippen molar-refractivity contribution in [1.29, 1.82) is 0 Å². The molecule has 29 heavy (non-hydrogen) atoms. The molecule has 2 aromatic heterocycles. The summed E-state index contributed by atoms with van der Waals surface area (Å²) in [5.41, 5.74) is 5.51. The van der Waals surface area contributed by atoms with Crippen molar-refractivity contribution in [2.75, 3.05) is 6.26 Å². The van der Waals surface area contributed by atoms with Crippen molar-refractivity contribution in [2.45, 2.75) is 31.3 Å². The van der Waals surface area contributed by atoms with Gasteiger partial charge in [-0.25, -0.2) is 9.37 Å². The molecule has 0 unspecified atom stereocenters. The van der Waals surface area contributed by atoms with Gasteiger partial charge in [0.25, 0.3) is 5.56 Å². The number of hydrogen-bond donors (Lipinski definition) is 0. The second-order valence-electron chi connectivity index (χ2n) is 7.51. The zero-order chi connectivity index (χ0) is 21.0. The zero-order valence-corrected chi connectivity index (χ0v) is 18.7. The van der Waals surface area contributed by atoms with Crippen LogP contribution in [0.3, 0.4) is 0 Å². The maximum absolute atomic E-state index is 13.5. The molecule has 3 aromatic rings. The van der Waals surface area contributed by atoms with E-state index in [0.29, 0.717) is 22.0 Å². The summed E-state index contributed by atoms with van der Waals surface area (Å²) in [6, 6.07) is 9.54. The Labute approximate surface area is 175 Å². The predicted molar refractivity (Wildman–Crippen MR) is 120 cm³/mol. The molecule has 0 spiro atoms. The van der Waals surface area contributed by atoms with Crippen LogP contribution in [0.4, 0.5) is 4.39 Å². The van der Waals surface area contributed by atoms with Crippen LogP contribution >= 0.6 is 11.8 Å². The van der Waals surface area contributed by atoms with Crippen molar-refractivity contribution in [3.8, 4) is 33.8 Å². The summed E-state index contributed by atoms with van der Waals surface area (Å²) in [5.74, 6) is 2.80. The van der Waals surface area contributed by atoms with Crippen LogP contribution in [-0.4, -0.2) is 28.9 Å². The molecule has 0 aliphatic rings. The lowest BCUT2D eigenvalue weighted by Crippen LogP contribution is -2.26. The molecule has 0 aliphatic carbocycles. The number of aromatic nitrogens is 3. The first-order chi connectivity index (χ1) is 13.8. The van der Waals surface area contributed by atoms with E-state index in [-0.39, 0.29) is 17.9 Å². The molecule has 2 heterocycles. The van der Waals surface area contributed by atoms with Crippen LogP contribution in [-0.2, 0) is 6.54 Å². The van der Waals surface area contributed by atoms with Crippen molar-refractivity contribution < 1.29 is 4.39 Å². The summed E-state index contributed by atoms with van der Waals surface area (Å²) in [7, 11) is -1.56. The molecular formula is C22H22FN3OSSi. The number of benzene rings is 1. The van der Waals surface area contributed by atoms with Gasteiger partial charge in [-0.1, -0.05) is 49.5 Å². The van der Waals surface area contributed by atoms with Gasteiger partial charge >= 0.3 is 0 Å². The highest BCUT2D eigenvalue weighted by atomic mass is 32.2. The van der Waals surface area contributed by atoms with Crippen molar-refractivity contribution in [3.63, 3.8) is 0 Å². The van der Waals surface area contributed by atoms with Gasteiger partial charge in [0.05, 0.1) is 17.8 Å². The minimum Gasteiger partial charge on any atom is -0.275 e. The number of hydrogen-bond acceptors (Lipinski definition) is 4. The normalized spacial score (nSPS) is 11.1. The molecule has 0 saturated carbocycles. The van der Waals surface area contributed by atoms with Crippen LogP contribution in [0, 0.1) is 17.3 Å². The van der Waals surface area contributed by atoms with E-state index in [1.54, 1.807) is 29.1 Å². The molecule has 0 fully saturated rings. The highest BCUT2D eigenvalue weighted by Gasteiger charge is 2.19. The fraction of sp³-hybridized carbons (Fsp3) is 0.227. The lowest BCUT2D eigenvalue weighted by Gasteiger charge is -2.15. The van der Waals surface area contributed by atoms with Crippen LogP contribution in [0.25, 0.3) is 22.4 Å². The Kier molecular flexibility index (Phi) is 6.35. The van der Waals surface area contributed by atoms with E-state index in [2.05, 4.69) is 36.1 Å². The average molecular weight is 424 g/mol. The Hall–Kier alpha value is -2.69. The van der Waals surface area contributed by atoms with Gasteiger partial charge in [-0.2, -0.15) is 0 Å². The van der Waals surface area contributed by atoms with Gasteiger partial charge < -0.3 is 0 Å². The number of nitrogens with zero attached hydrogens (tertiary/aromatic N) is 3. The molecule has 0 amide bonds. The molecular weight excluding hydrogens is 401 g/mol. The van der Waals surface area contributed by atoms with Crippen molar-refractivity contribution >= 4 is 19.8 Å². The Morgan fingerprint density at radius 2 is 1.72 bits per heavy atom. The Balaban J connectivity index is 2.27. The maximum atomic E-state index is 13.5. The van der Waals surface area contributed by atoms with Gasteiger partial charge in [0.2, 0.25) is 0 Å². The maximum Gasteiger partial charge on any atom is 0.263 e. The van der Waals surface area contributed by atoms with Gasteiger partial charge in [-0.05, 0) is 36.1 Å². The third-order valence-corrected chi connectivity index (χ3v) is 5.71. The van der Waals surface area contributed by atoms with E-state index in [4.69, 9.17) is 4.98 Å². The fourth-order valence-electron chi connectivity index (χ4n) is 2.81. The van der Waals surface area contributed by atoms with Crippen LogP contribution in [0.5, 0.6) is 0 Å². The molecule has 0 N–H and O–H groups in total. The van der Waals surface area contributed by atoms with Gasteiger partial charge in [-0.3, -0.25) is 14.3 Å². The van der Waals surface area contributed by atoms with Gasteiger partial charge in [0, 0.05) is 18.0 Å². The molecule has 0 bridgehead atoms. The topological polar surface area (TPSA) is 47.8 Å². The molecule has 3 rings (SSSR count). The molecule has 7 heteroatoms. The molecule has 0 saturated heterocycles. The third kappa shape index (κ3) is 5.02. The van der Waals surface area contributed by atoms with E-state index in [0.717, 1.165) is 5.56 Å². The molecule has 4 nitrogen and oxygen atoms in total. The highest BCUT2D eigenvalue weighted by Crippen LogP contribution is 2.29. The molecule has 0 radical (unpaired) electrons. The van der Waals surface area contributed by atoms with E-state index < -0.39 is 8.07 Å². The van der Waals surface area contributed by atoms with Crippen molar-refractivity contribution in [3.05, 3.63) is 65.0 Å². The van der Waals surface area contributed by atoms with Gasteiger partial charge in [0.1, 0.15) is 13.9 Å². The molecule has 0 aliphatic heterocycles. The van der Waals surface area contributed by atoms with E-state index in [1.165, 1.54) is 23.9 Å². The largest absolute Gasteiger partial charge is 0.275 e. The highest BCUT2D eigenvalue weighted by molar-refractivity contribution is 7.98. The summed E-state index contributed by atoms with van der Waals surface area (Å²) in [6.07, 6.45) is 5.21. The number of rotatable bonds is 4. The minimum absolute atomic E-state index is 0.187. The average Bonchev–Trinajstić information content (AvgIpc) is 2.69. The van der Waals surface area contributed by atoms with Crippen molar-refractivity contribution in [1.82, 2.24) is 14.5 Å². The Morgan fingerprint density at radius 3 is 2.31 bits per heavy atom. The van der Waals surface area contributed by atoms with Crippen molar-refractivity contribution in [2.24, 2.45) is 0 Å². The van der Waals surface area contributed by atoms with Crippen LogP contribution in [0.2, 0.25) is 19.6 Å². The summed E-state index contributed by atoms with van der Waals surface area (Å²) >= 11 is 1.40. The first-order valence-corrected chi connectivity index (χ1v) is 13.9. The Morgan fingerprint density at radius 1 is 1.07 bits per heavy atom. The summed E-state index contributed by atoms with van der Waals surface area (Å²) in [6.45, 7) is 6.75. The minimum atomic E-state index is -1.56. The zero-order valence-electron chi connectivity index (χ0n) is 16.9. The SMILES string of the molecule is CSc1nc(-c2ccncc2)c(-c2ccc(F)cc2)c(=O)n1CC#C[Si](C)(C)C. The number of pyridine rings is 1. The molecule has 1 aromatic carbocycles. The van der Waals surface area contributed by atoms with Gasteiger partial charge in [-0.15, -0.1) is 5.54 Å². The first-order valence-electron chi connectivity index (χ1n) is 9.15. The van der Waals surface area contributed by atoms with E-state index >= 15 is 0 Å². The predicted octanol–water partition coefficient (Wildman–Crippen LogP) is 4.71. The lowest BCUT2D eigenvalue weighted by molar-refractivity contribution is 0.628. The standard InChI is InChI=1S/C22H22FN3OSSi/c1-28-22-25-20(17-10-12-24-13-11-17)19(16-6-8-18(23)9-7-16)21(27)26(22)14-5-15-29(2,3)4/h6-13H,14H2,1-4H3. The van der Waals surface area contributed by atoms with E-state index in [9.17, 15) is 9.18 Å². The molecule has 148 valence electrons. The van der Waals surface area contributed by atoms with Crippen LogP contribution in [0.1, 0.15) is 0 Å². The van der Waals surface area contributed by atoms with E-state index in [1.807, 2.05) is 18.4 Å². The quantitative estimate of drug-likeness (QED) is 0.264. The second kappa shape index (κ2) is 8.76. The molecule has 0 atom stereocenters. The fourth-order valence-corrected chi connectivity index (χ4v) is 3.97. The first kappa shape index (κ1) is 21.0. The van der Waals surface area contributed by atoms with Crippen LogP contribution in [0.15, 0.2) is 58.7 Å². The third-order valence-electron chi connectivity index (χ3n) is 4.10. The van der Waals surface area contributed by atoms with Gasteiger partial charge in [0.15, 0.2) is 5.16 Å². The number of halogens is 1. The lowest BCUT2D eigenvalue weighted by atomic mass is 10.0. The van der Waals surface area contributed by atoms with Crippen LogP contribution < -0.4 is 5.56 Å². The monoisotopic (exact) mass is 423 g/mol. The summed E-state index contributed by atoms with van der Waals surface area (Å²) in [4.78, 5) is 22.4. The second-order valence-corrected chi connectivity index (χ2v) is 13.0. The Bertz CT molecular complexity index is 1130.